The van der Waals surface area contributed by atoms with Gasteiger partial charge in [0.05, 0.1) is 18.1 Å². The van der Waals surface area contributed by atoms with E-state index in [-0.39, 0.29) is 5.69 Å². The third-order valence-electron chi connectivity index (χ3n) is 3.28. The van der Waals surface area contributed by atoms with Gasteiger partial charge in [-0.25, -0.2) is 0 Å². The minimum Gasteiger partial charge on any atom is -0.496 e. The summed E-state index contributed by atoms with van der Waals surface area (Å²) in [6, 6.07) is 5.13. The second kappa shape index (κ2) is 6.38. The molecular formula is C13H19N3O3. The molecular weight excluding hydrogens is 246 g/mol. The maximum atomic E-state index is 10.9. The fraction of sp³-hybridized carbons (Fsp3) is 0.538. The van der Waals surface area contributed by atoms with Gasteiger partial charge in [0.15, 0.2) is 0 Å². The number of benzene rings is 1. The lowest BCUT2D eigenvalue weighted by atomic mass is 10.1. The number of nitrogens with zero attached hydrogens (tertiary/aromatic N) is 1. The molecule has 0 aromatic heterocycles. The van der Waals surface area contributed by atoms with Crippen LogP contribution in [0.3, 0.4) is 0 Å². The van der Waals surface area contributed by atoms with Gasteiger partial charge in [-0.05, 0) is 32.4 Å². The number of nitro groups is 1. The van der Waals surface area contributed by atoms with Crippen LogP contribution in [-0.2, 0) is 0 Å². The van der Waals surface area contributed by atoms with Crippen molar-refractivity contribution >= 4 is 11.4 Å². The molecule has 0 aliphatic carbocycles. The molecule has 0 bridgehead atoms. The standard InChI is InChI=1S/C13H19N3O3/c1-19-13-8-11(7-12(9-13)16(17)18)15-10-3-2-5-14-6-4-10/h7-10,14-15H,2-6H2,1H3. The van der Waals surface area contributed by atoms with Crippen molar-refractivity contribution in [2.24, 2.45) is 0 Å². The maximum Gasteiger partial charge on any atom is 0.275 e. The van der Waals surface area contributed by atoms with E-state index in [0.717, 1.165) is 38.0 Å². The number of rotatable bonds is 4. The second-order valence-electron chi connectivity index (χ2n) is 4.70. The lowest BCUT2D eigenvalue weighted by molar-refractivity contribution is -0.384. The van der Waals surface area contributed by atoms with Crippen molar-refractivity contribution in [2.45, 2.75) is 25.3 Å². The van der Waals surface area contributed by atoms with Crippen LogP contribution in [0.1, 0.15) is 19.3 Å². The lowest BCUT2D eigenvalue weighted by Crippen LogP contribution is -2.21. The van der Waals surface area contributed by atoms with Crippen LogP contribution in [0.5, 0.6) is 5.75 Å². The van der Waals surface area contributed by atoms with Crippen LogP contribution in [-0.4, -0.2) is 31.2 Å². The Balaban J connectivity index is 2.13. The lowest BCUT2D eigenvalue weighted by Gasteiger charge is -2.17. The molecule has 1 aromatic carbocycles. The highest BCUT2D eigenvalue weighted by Crippen LogP contribution is 2.27. The van der Waals surface area contributed by atoms with Crippen LogP contribution in [0.4, 0.5) is 11.4 Å². The molecule has 1 aliphatic heterocycles. The van der Waals surface area contributed by atoms with Crippen molar-refractivity contribution in [2.75, 3.05) is 25.5 Å². The van der Waals surface area contributed by atoms with Crippen molar-refractivity contribution < 1.29 is 9.66 Å². The van der Waals surface area contributed by atoms with Gasteiger partial charge in [0.1, 0.15) is 5.75 Å². The molecule has 1 aromatic rings. The number of nitro benzene ring substituents is 1. The van der Waals surface area contributed by atoms with Crippen LogP contribution in [0.15, 0.2) is 18.2 Å². The topological polar surface area (TPSA) is 76.4 Å². The zero-order chi connectivity index (χ0) is 13.7. The van der Waals surface area contributed by atoms with Gasteiger partial charge in [0, 0.05) is 23.9 Å². The molecule has 1 unspecified atom stereocenters. The third kappa shape index (κ3) is 3.82. The first kappa shape index (κ1) is 13.6. The Morgan fingerprint density at radius 2 is 2.21 bits per heavy atom. The van der Waals surface area contributed by atoms with E-state index in [4.69, 9.17) is 4.74 Å². The Morgan fingerprint density at radius 3 is 2.95 bits per heavy atom. The fourth-order valence-corrected chi connectivity index (χ4v) is 2.29. The van der Waals surface area contributed by atoms with Gasteiger partial charge in [-0.1, -0.05) is 0 Å². The quantitative estimate of drug-likeness (QED) is 0.644. The van der Waals surface area contributed by atoms with Crippen LogP contribution in [0.25, 0.3) is 0 Å². The van der Waals surface area contributed by atoms with Crippen LogP contribution < -0.4 is 15.4 Å². The van der Waals surface area contributed by atoms with Gasteiger partial charge >= 0.3 is 0 Å². The average Bonchev–Trinajstić information content (AvgIpc) is 2.67. The zero-order valence-corrected chi connectivity index (χ0v) is 11.0. The first-order chi connectivity index (χ1) is 9.19. The van der Waals surface area contributed by atoms with Crippen molar-refractivity contribution in [1.82, 2.24) is 5.32 Å². The Labute approximate surface area is 112 Å². The van der Waals surface area contributed by atoms with Gasteiger partial charge in [0.2, 0.25) is 0 Å². The van der Waals surface area contributed by atoms with E-state index in [2.05, 4.69) is 10.6 Å². The third-order valence-corrected chi connectivity index (χ3v) is 3.28. The molecule has 6 nitrogen and oxygen atoms in total. The number of methoxy groups -OCH3 is 1. The number of nitrogens with one attached hydrogen (secondary N) is 2. The van der Waals surface area contributed by atoms with Crippen LogP contribution in [0.2, 0.25) is 0 Å². The highest BCUT2D eigenvalue weighted by molar-refractivity contribution is 5.56. The molecule has 0 amide bonds. The Hall–Kier alpha value is -1.82. The summed E-state index contributed by atoms with van der Waals surface area (Å²) in [6.07, 6.45) is 3.20. The molecule has 0 saturated carbocycles. The average molecular weight is 265 g/mol. The molecule has 0 radical (unpaired) electrons. The van der Waals surface area contributed by atoms with E-state index >= 15 is 0 Å². The number of hydrogen-bond donors (Lipinski definition) is 2. The predicted octanol–water partition coefficient (Wildman–Crippen LogP) is 2.16. The SMILES string of the molecule is COc1cc(NC2CCCNCC2)cc([N+](=O)[O-])c1. The summed E-state index contributed by atoms with van der Waals surface area (Å²) >= 11 is 0. The summed E-state index contributed by atoms with van der Waals surface area (Å²) in [7, 11) is 1.51. The molecule has 1 atom stereocenters. The van der Waals surface area contributed by atoms with E-state index < -0.39 is 4.92 Å². The van der Waals surface area contributed by atoms with Gasteiger partial charge in [-0.3, -0.25) is 10.1 Å². The van der Waals surface area contributed by atoms with Crippen molar-refractivity contribution in [3.05, 3.63) is 28.3 Å². The first-order valence-corrected chi connectivity index (χ1v) is 6.50. The highest BCUT2D eigenvalue weighted by atomic mass is 16.6. The van der Waals surface area contributed by atoms with E-state index in [1.54, 1.807) is 12.1 Å². The number of ether oxygens (including phenoxy) is 1. The van der Waals surface area contributed by atoms with Crippen LogP contribution >= 0.6 is 0 Å². The molecule has 1 heterocycles. The molecule has 1 aliphatic rings. The minimum atomic E-state index is -0.400. The first-order valence-electron chi connectivity index (χ1n) is 6.50. The summed E-state index contributed by atoms with van der Waals surface area (Å²) in [5.41, 5.74) is 0.798. The summed E-state index contributed by atoms with van der Waals surface area (Å²) in [4.78, 5) is 10.5. The summed E-state index contributed by atoms with van der Waals surface area (Å²) in [6.45, 7) is 2.01. The number of anilines is 1. The summed E-state index contributed by atoms with van der Waals surface area (Å²) in [5.74, 6) is 0.503. The minimum absolute atomic E-state index is 0.0496. The van der Waals surface area contributed by atoms with Gasteiger partial charge in [0.25, 0.3) is 5.69 Å². The molecule has 104 valence electrons. The zero-order valence-electron chi connectivity index (χ0n) is 11.0. The maximum absolute atomic E-state index is 10.9. The summed E-state index contributed by atoms with van der Waals surface area (Å²) < 4.78 is 5.10. The highest BCUT2D eigenvalue weighted by Gasteiger charge is 2.15. The van der Waals surface area contributed by atoms with E-state index in [9.17, 15) is 10.1 Å². The molecule has 19 heavy (non-hydrogen) atoms. The normalized spacial score (nSPS) is 19.5. The molecule has 6 heteroatoms. The molecule has 1 fully saturated rings. The van der Waals surface area contributed by atoms with Gasteiger partial charge in [-0.15, -0.1) is 0 Å². The van der Waals surface area contributed by atoms with Crippen molar-refractivity contribution in [3.63, 3.8) is 0 Å². The van der Waals surface area contributed by atoms with Crippen molar-refractivity contribution in [3.8, 4) is 5.75 Å². The van der Waals surface area contributed by atoms with E-state index in [1.807, 2.05) is 0 Å². The smallest absolute Gasteiger partial charge is 0.275 e. The van der Waals surface area contributed by atoms with Gasteiger partial charge in [-0.2, -0.15) is 0 Å². The summed E-state index contributed by atoms with van der Waals surface area (Å²) in [5, 5.41) is 17.6. The van der Waals surface area contributed by atoms with Gasteiger partial charge < -0.3 is 15.4 Å². The number of non-ortho nitro benzene ring substituents is 1. The predicted molar refractivity (Wildman–Crippen MR) is 73.8 cm³/mol. The Morgan fingerprint density at radius 1 is 1.37 bits per heavy atom. The molecule has 2 rings (SSSR count). The largest absolute Gasteiger partial charge is 0.496 e. The molecule has 1 saturated heterocycles. The molecule has 0 spiro atoms. The fourth-order valence-electron chi connectivity index (χ4n) is 2.29. The van der Waals surface area contributed by atoms with Crippen LogP contribution in [0, 0.1) is 10.1 Å². The molecule has 2 N–H and O–H groups in total. The Bertz CT molecular complexity index is 443. The van der Waals surface area contributed by atoms with E-state index in [1.165, 1.54) is 13.2 Å². The van der Waals surface area contributed by atoms with Crippen molar-refractivity contribution in [1.29, 1.82) is 0 Å². The second-order valence-corrected chi connectivity index (χ2v) is 4.70. The van der Waals surface area contributed by atoms with E-state index in [0.29, 0.717) is 11.8 Å². The Kier molecular flexibility index (Phi) is 4.57. The number of hydrogen-bond acceptors (Lipinski definition) is 5. The monoisotopic (exact) mass is 265 g/mol.